The fourth-order valence-electron chi connectivity index (χ4n) is 2.61. The van der Waals surface area contributed by atoms with E-state index in [1.54, 1.807) is 19.9 Å². The van der Waals surface area contributed by atoms with Crippen molar-refractivity contribution in [1.29, 1.82) is 0 Å². The average Bonchev–Trinajstić information content (AvgIpc) is 2.89. The molecule has 0 saturated carbocycles. The number of alkyl carbamates (subject to hydrolysis) is 1. The number of aliphatic hydroxyl groups excluding tert-OH is 1. The highest BCUT2D eigenvalue weighted by atomic mass is 19.1. The van der Waals surface area contributed by atoms with E-state index in [1.165, 1.54) is 13.2 Å². The van der Waals surface area contributed by atoms with Crippen molar-refractivity contribution < 1.29 is 19.0 Å². The summed E-state index contributed by atoms with van der Waals surface area (Å²) in [6, 6.07) is 3.12. The Hall–Kier alpha value is -1.82. The Morgan fingerprint density at radius 3 is 2.90 bits per heavy atom. The van der Waals surface area contributed by atoms with Crippen molar-refractivity contribution >= 4 is 11.8 Å². The van der Waals surface area contributed by atoms with Crippen molar-refractivity contribution in [2.45, 2.75) is 32.4 Å². The highest BCUT2D eigenvalue weighted by Gasteiger charge is 2.27. The van der Waals surface area contributed by atoms with Gasteiger partial charge in [0.2, 0.25) is 0 Å². The van der Waals surface area contributed by atoms with E-state index >= 15 is 0 Å². The second-order valence-corrected chi connectivity index (χ2v) is 5.40. The number of anilines is 1. The van der Waals surface area contributed by atoms with Crippen molar-refractivity contribution in [2.24, 2.45) is 0 Å². The van der Waals surface area contributed by atoms with Gasteiger partial charge in [-0.25, -0.2) is 9.18 Å². The van der Waals surface area contributed by atoms with Gasteiger partial charge in [0.05, 0.1) is 19.3 Å². The number of amides is 1. The lowest BCUT2D eigenvalue weighted by Gasteiger charge is -2.24. The summed E-state index contributed by atoms with van der Waals surface area (Å²) < 4.78 is 18.3. The minimum atomic E-state index is -0.747. The number of rotatable bonds is 3. The van der Waals surface area contributed by atoms with Crippen molar-refractivity contribution in [1.82, 2.24) is 5.32 Å². The zero-order valence-electron chi connectivity index (χ0n) is 12.5. The van der Waals surface area contributed by atoms with Crippen LogP contribution in [0.15, 0.2) is 12.1 Å². The molecule has 1 aromatic carbocycles. The van der Waals surface area contributed by atoms with E-state index in [9.17, 15) is 14.3 Å². The summed E-state index contributed by atoms with van der Waals surface area (Å²) in [5.41, 5.74) is 1.92. The fourth-order valence-corrected chi connectivity index (χ4v) is 2.61. The predicted molar refractivity (Wildman–Crippen MR) is 77.9 cm³/mol. The summed E-state index contributed by atoms with van der Waals surface area (Å²) in [5.74, 6) is -0.321. The van der Waals surface area contributed by atoms with Gasteiger partial charge in [0, 0.05) is 24.3 Å². The Kier molecular flexibility index (Phi) is 4.67. The number of halogens is 1. The molecule has 0 radical (unpaired) electrons. The topological polar surface area (TPSA) is 61.8 Å². The molecule has 116 valence electrons. The van der Waals surface area contributed by atoms with E-state index < -0.39 is 12.2 Å². The number of benzene rings is 1. The summed E-state index contributed by atoms with van der Waals surface area (Å²) in [4.78, 5) is 13.3. The molecule has 0 bridgehead atoms. The molecule has 5 nitrogen and oxygen atoms in total. The normalized spacial score (nSPS) is 19.5. The number of hydrogen-bond acceptors (Lipinski definition) is 4. The van der Waals surface area contributed by atoms with Gasteiger partial charge < -0.3 is 20.1 Å². The SMILES string of the molecule is COC(=O)NC1CCN(c2cc(C)c(F)cc2C(C)O)C1. The van der Waals surface area contributed by atoms with Crippen LogP contribution in [0.1, 0.15) is 30.6 Å². The second-order valence-electron chi connectivity index (χ2n) is 5.40. The Bertz CT molecular complexity index is 534. The van der Waals surface area contributed by atoms with E-state index in [2.05, 4.69) is 15.0 Å². The summed E-state index contributed by atoms with van der Waals surface area (Å²) in [5, 5.41) is 12.6. The van der Waals surface area contributed by atoms with E-state index in [4.69, 9.17) is 0 Å². The van der Waals surface area contributed by atoms with Crippen LogP contribution in [0.4, 0.5) is 14.9 Å². The minimum absolute atomic E-state index is 0.00958. The number of nitrogens with zero attached hydrogens (tertiary/aromatic N) is 1. The molecule has 6 heteroatoms. The van der Waals surface area contributed by atoms with Crippen molar-refractivity contribution in [3.8, 4) is 0 Å². The van der Waals surface area contributed by atoms with E-state index in [1.807, 2.05) is 0 Å². The smallest absolute Gasteiger partial charge is 0.407 e. The maximum Gasteiger partial charge on any atom is 0.407 e. The lowest BCUT2D eigenvalue weighted by atomic mass is 10.0. The molecule has 2 rings (SSSR count). The van der Waals surface area contributed by atoms with Crippen molar-refractivity contribution in [3.63, 3.8) is 0 Å². The predicted octanol–water partition coefficient (Wildman–Crippen LogP) is 2.12. The van der Waals surface area contributed by atoms with Gasteiger partial charge in [0.25, 0.3) is 0 Å². The zero-order chi connectivity index (χ0) is 15.6. The molecule has 21 heavy (non-hydrogen) atoms. The minimum Gasteiger partial charge on any atom is -0.453 e. The van der Waals surface area contributed by atoms with E-state index in [-0.39, 0.29) is 11.9 Å². The summed E-state index contributed by atoms with van der Waals surface area (Å²) in [6.07, 6.45) is -0.416. The maximum absolute atomic E-state index is 13.7. The number of hydrogen-bond donors (Lipinski definition) is 2. The molecule has 0 aliphatic carbocycles. The first-order valence-corrected chi connectivity index (χ1v) is 7.00. The first-order chi connectivity index (χ1) is 9.92. The lowest BCUT2D eigenvalue weighted by Crippen LogP contribution is -2.37. The first kappa shape index (κ1) is 15.6. The molecule has 1 fully saturated rings. The third-order valence-electron chi connectivity index (χ3n) is 3.79. The standard InChI is InChI=1S/C15H21FN2O3/c1-9-6-14(12(10(2)19)7-13(9)16)18-5-4-11(8-18)17-15(20)21-3/h6-7,10-11,19H,4-5,8H2,1-3H3,(H,17,20). The molecule has 2 atom stereocenters. The van der Waals surface area contributed by atoms with Gasteiger partial charge in [-0.3, -0.25) is 0 Å². The van der Waals surface area contributed by atoms with Crippen LogP contribution in [0.25, 0.3) is 0 Å². The summed E-state index contributed by atoms with van der Waals surface area (Å²) >= 11 is 0. The molecule has 1 saturated heterocycles. The number of aliphatic hydroxyl groups is 1. The molecule has 0 spiro atoms. The monoisotopic (exact) mass is 296 g/mol. The Balaban J connectivity index is 2.19. The van der Waals surface area contributed by atoms with Gasteiger partial charge in [-0.1, -0.05) is 0 Å². The number of methoxy groups -OCH3 is 1. The van der Waals surface area contributed by atoms with Crippen LogP contribution in [-0.2, 0) is 4.74 Å². The number of nitrogens with one attached hydrogen (secondary N) is 1. The quantitative estimate of drug-likeness (QED) is 0.897. The van der Waals surface area contributed by atoms with Crippen molar-refractivity contribution in [2.75, 3.05) is 25.1 Å². The lowest BCUT2D eigenvalue weighted by molar-refractivity contribution is 0.167. The highest BCUT2D eigenvalue weighted by molar-refractivity contribution is 5.68. The Labute approximate surface area is 123 Å². The van der Waals surface area contributed by atoms with Crippen molar-refractivity contribution in [3.05, 3.63) is 29.1 Å². The Morgan fingerprint density at radius 1 is 1.57 bits per heavy atom. The van der Waals surface area contributed by atoms with Crippen LogP contribution >= 0.6 is 0 Å². The molecule has 1 aliphatic rings. The molecule has 1 amide bonds. The molecule has 2 N–H and O–H groups in total. The molecule has 1 aliphatic heterocycles. The molecule has 2 unspecified atom stereocenters. The largest absolute Gasteiger partial charge is 0.453 e. The van der Waals surface area contributed by atoms with Crippen LogP contribution < -0.4 is 10.2 Å². The van der Waals surface area contributed by atoms with Gasteiger partial charge in [0.1, 0.15) is 5.82 Å². The van der Waals surface area contributed by atoms with E-state index in [0.717, 1.165) is 18.7 Å². The first-order valence-electron chi connectivity index (χ1n) is 7.00. The molecular weight excluding hydrogens is 275 g/mol. The highest BCUT2D eigenvalue weighted by Crippen LogP contribution is 2.31. The molecule has 1 aromatic rings. The van der Waals surface area contributed by atoms with E-state index in [0.29, 0.717) is 17.7 Å². The van der Waals surface area contributed by atoms with Gasteiger partial charge in [-0.15, -0.1) is 0 Å². The van der Waals surface area contributed by atoms with Crippen LogP contribution in [0.3, 0.4) is 0 Å². The number of carbonyl (C=O) groups is 1. The van der Waals surface area contributed by atoms with Gasteiger partial charge in [0.15, 0.2) is 0 Å². The fraction of sp³-hybridized carbons (Fsp3) is 0.533. The zero-order valence-corrected chi connectivity index (χ0v) is 12.5. The second kappa shape index (κ2) is 6.30. The van der Waals surface area contributed by atoms with Crippen LogP contribution in [0, 0.1) is 12.7 Å². The molecular formula is C15H21FN2O3. The Morgan fingerprint density at radius 2 is 2.29 bits per heavy atom. The molecule has 1 heterocycles. The maximum atomic E-state index is 13.7. The third-order valence-corrected chi connectivity index (χ3v) is 3.79. The van der Waals surface area contributed by atoms with Crippen LogP contribution in [0.5, 0.6) is 0 Å². The molecule has 0 aromatic heterocycles. The summed E-state index contributed by atoms with van der Waals surface area (Å²) in [7, 11) is 1.33. The van der Waals surface area contributed by atoms with Gasteiger partial charge in [-0.2, -0.15) is 0 Å². The average molecular weight is 296 g/mol. The number of carbonyl (C=O) groups excluding carboxylic acids is 1. The third kappa shape index (κ3) is 3.44. The number of ether oxygens (including phenoxy) is 1. The summed E-state index contributed by atoms with van der Waals surface area (Å²) in [6.45, 7) is 4.66. The number of aryl methyl sites for hydroxylation is 1. The van der Waals surface area contributed by atoms with Crippen LogP contribution in [-0.4, -0.2) is 37.4 Å². The van der Waals surface area contributed by atoms with Gasteiger partial charge >= 0.3 is 6.09 Å². The van der Waals surface area contributed by atoms with Crippen LogP contribution in [0.2, 0.25) is 0 Å². The van der Waals surface area contributed by atoms with Gasteiger partial charge in [-0.05, 0) is 38.0 Å².